The van der Waals surface area contributed by atoms with Crippen LogP contribution in [0.5, 0.6) is 0 Å². The van der Waals surface area contributed by atoms with Crippen LogP contribution in [0.15, 0.2) is 23.3 Å². The number of hydrogen-bond acceptors (Lipinski definition) is 4. The van der Waals surface area contributed by atoms with E-state index < -0.39 is 0 Å². The fourth-order valence-electron chi connectivity index (χ4n) is 2.35. The third-order valence-corrected chi connectivity index (χ3v) is 3.64. The summed E-state index contributed by atoms with van der Waals surface area (Å²) in [6, 6.07) is 4.11. The predicted octanol–water partition coefficient (Wildman–Crippen LogP) is 2.13. The van der Waals surface area contributed by atoms with Gasteiger partial charge >= 0.3 is 0 Å². The van der Waals surface area contributed by atoms with Crippen molar-refractivity contribution in [1.29, 1.82) is 0 Å². The lowest BCUT2D eigenvalue weighted by Gasteiger charge is -2.32. The van der Waals surface area contributed by atoms with Gasteiger partial charge < -0.3 is 20.7 Å². The maximum atomic E-state index is 5.82. The second-order valence-corrected chi connectivity index (χ2v) is 5.63. The Hall–Kier alpha value is -1.09. The second kappa shape index (κ2) is 10.6. The van der Waals surface area contributed by atoms with Crippen LogP contribution >= 0.6 is 24.0 Å². The van der Waals surface area contributed by atoms with Gasteiger partial charge in [-0.1, -0.05) is 19.4 Å². The molecular formula is C16H28IN5O. The van der Waals surface area contributed by atoms with Gasteiger partial charge in [0.15, 0.2) is 5.96 Å². The van der Waals surface area contributed by atoms with Crippen molar-refractivity contribution >= 4 is 35.8 Å². The van der Waals surface area contributed by atoms with Crippen molar-refractivity contribution in [1.82, 2.24) is 10.3 Å². The Labute approximate surface area is 155 Å². The van der Waals surface area contributed by atoms with E-state index in [4.69, 9.17) is 10.5 Å². The molecule has 130 valence electrons. The summed E-state index contributed by atoms with van der Waals surface area (Å²) >= 11 is 0. The molecule has 0 radical (unpaired) electrons. The number of morpholine rings is 1. The Morgan fingerprint density at radius 2 is 2.35 bits per heavy atom. The van der Waals surface area contributed by atoms with Crippen LogP contribution in [0.25, 0.3) is 0 Å². The molecule has 0 aliphatic carbocycles. The van der Waals surface area contributed by atoms with E-state index in [9.17, 15) is 0 Å². The Morgan fingerprint density at radius 3 is 3.00 bits per heavy atom. The predicted molar refractivity (Wildman–Crippen MR) is 106 cm³/mol. The SMILES string of the molecule is CCCCNC(N)=NCc1ccc(N2CCOC(C)C2)nc1.I. The lowest BCUT2D eigenvalue weighted by molar-refractivity contribution is 0.0529. The summed E-state index contributed by atoms with van der Waals surface area (Å²) in [4.78, 5) is 11.1. The van der Waals surface area contributed by atoms with Crippen LogP contribution < -0.4 is 16.0 Å². The number of aromatic nitrogens is 1. The number of pyridine rings is 1. The van der Waals surface area contributed by atoms with Gasteiger partial charge in [-0.2, -0.15) is 0 Å². The number of unbranched alkanes of at least 4 members (excludes halogenated alkanes) is 1. The van der Waals surface area contributed by atoms with Gasteiger partial charge in [0, 0.05) is 25.8 Å². The zero-order chi connectivity index (χ0) is 15.8. The van der Waals surface area contributed by atoms with E-state index in [-0.39, 0.29) is 30.1 Å². The van der Waals surface area contributed by atoms with E-state index in [1.54, 1.807) is 0 Å². The molecule has 0 aromatic carbocycles. The van der Waals surface area contributed by atoms with Crippen LogP contribution in [-0.4, -0.2) is 43.3 Å². The normalized spacial score (nSPS) is 18.4. The van der Waals surface area contributed by atoms with Crippen LogP contribution in [0.1, 0.15) is 32.3 Å². The number of rotatable bonds is 6. The van der Waals surface area contributed by atoms with Gasteiger partial charge in [0.2, 0.25) is 0 Å². The van der Waals surface area contributed by atoms with Crippen molar-refractivity contribution in [3.63, 3.8) is 0 Å². The Kier molecular flexibility index (Phi) is 9.23. The lowest BCUT2D eigenvalue weighted by atomic mass is 10.2. The summed E-state index contributed by atoms with van der Waals surface area (Å²) in [6.07, 6.45) is 4.38. The molecule has 0 bridgehead atoms. The quantitative estimate of drug-likeness (QED) is 0.311. The Bertz CT molecular complexity index is 480. The summed E-state index contributed by atoms with van der Waals surface area (Å²) < 4.78 is 5.55. The monoisotopic (exact) mass is 433 g/mol. The standard InChI is InChI=1S/C16H27N5O.HI/c1-3-4-7-18-16(17)20-11-14-5-6-15(19-10-14)21-8-9-22-13(2)12-21;/h5-6,10,13H,3-4,7-9,11-12H2,1-2H3,(H3,17,18,20);1H. The molecule has 1 unspecified atom stereocenters. The molecular weight excluding hydrogens is 405 g/mol. The molecule has 0 amide bonds. The first-order valence-corrected chi connectivity index (χ1v) is 8.04. The van der Waals surface area contributed by atoms with Gasteiger partial charge in [-0.15, -0.1) is 24.0 Å². The molecule has 2 heterocycles. The highest BCUT2D eigenvalue weighted by Crippen LogP contribution is 2.15. The van der Waals surface area contributed by atoms with Gasteiger partial charge in [-0.3, -0.25) is 0 Å². The first kappa shape index (κ1) is 20.0. The average Bonchev–Trinajstić information content (AvgIpc) is 2.54. The molecule has 3 N–H and O–H groups in total. The van der Waals surface area contributed by atoms with Crippen molar-refractivity contribution in [2.24, 2.45) is 10.7 Å². The highest BCUT2D eigenvalue weighted by Gasteiger charge is 2.17. The first-order chi connectivity index (χ1) is 10.7. The first-order valence-electron chi connectivity index (χ1n) is 8.04. The van der Waals surface area contributed by atoms with Crippen LogP contribution in [0.4, 0.5) is 5.82 Å². The molecule has 1 atom stereocenters. The molecule has 1 saturated heterocycles. The van der Waals surface area contributed by atoms with Crippen molar-refractivity contribution in [2.75, 3.05) is 31.1 Å². The number of nitrogens with one attached hydrogen (secondary N) is 1. The van der Waals surface area contributed by atoms with E-state index in [1.165, 1.54) is 0 Å². The van der Waals surface area contributed by atoms with Crippen LogP contribution in [-0.2, 0) is 11.3 Å². The third-order valence-electron chi connectivity index (χ3n) is 3.64. The third kappa shape index (κ3) is 6.90. The molecule has 6 nitrogen and oxygen atoms in total. The maximum absolute atomic E-state index is 5.82. The summed E-state index contributed by atoms with van der Waals surface area (Å²) in [5.41, 5.74) is 6.88. The van der Waals surface area contributed by atoms with E-state index in [1.807, 2.05) is 12.3 Å². The highest BCUT2D eigenvalue weighted by atomic mass is 127. The summed E-state index contributed by atoms with van der Waals surface area (Å²) in [5.74, 6) is 1.50. The molecule has 1 aromatic heterocycles. The number of nitrogens with zero attached hydrogens (tertiary/aromatic N) is 3. The van der Waals surface area contributed by atoms with Crippen molar-refractivity contribution < 1.29 is 4.74 Å². The molecule has 1 aliphatic rings. The molecule has 1 aromatic rings. The van der Waals surface area contributed by atoms with Gasteiger partial charge in [-0.25, -0.2) is 9.98 Å². The molecule has 7 heteroatoms. The van der Waals surface area contributed by atoms with Gasteiger partial charge in [-0.05, 0) is 25.0 Å². The average molecular weight is 433 g/mol. The molecule has 0 saturated carbocycles. The van der Waals surface area contributed by atoms with Crippen molar-refractivity contribution in [3.05, 3.63) is 23.9 Å². The van der Waals surface area contributed by atoms with E-state index >= 15 is 0 Å². The Morgan fingerprint density at radius 1 is 1.52 bits per heavy atom. The van der Waals surface area contributed by atoms with Gasteiger partial charge in [0.25, 0.3) is 0 Å². The van der Waals surface area contributed by atoms with Crippen LogP contribution in [0.2, 0.25) is 0 Å². The van der Waals surface area contributed by atoms with Crippen molar-refractivity contribution in [2.45, 2.75) is 39.3 Å². The smallest absolute Gasteiger partial charge is 0.188 e. The minimum absolute atomic E-state index is 0. The highest BCUT2D eigenvalue weighted by molar-refractivity contribution is 14.0. The van der Waals surface area contributed by atoms with Crippen molar-refractivity contribution in [3.8, 4) is 0 Å². The lowest BCUT2D eigenvalue weighted by Crippen LogP contribution is -2.41. The van der Waals surface area contributed by atoms with Crippen LogP contribution in [0, 0.1) is 0 Å². The summed E-state index contributed by atoms with van der Waals surface area (Å²) in [6.45, 7) is 8.20. The van der Waals surface area contributed by atoms with Gasteiger partial charge in [0.1, 0.15) is 5.82 Å². The number of halogens is 1. The zero-order valence-corrected chi connectivity index (χ0v) is 16.3. The molecule has 1 aliphatic heterocycles. The number of anilines is 1. The minimum Gasteiger partial charge on any atom is -0.375 e. The largest absolute Gasteiger partial charge is 0.375 e. The molecule has 1 fully saturated rings. The second-order valence-electron chi connectivity index (χ2n) is 5.63. The number of ether oxygens (including phenoxy) is 1. The molecule has 2 rings (SSSR count). The topological polar surface area (TPSA) is 75.8 Å². The zero-order valence-electron chi connectivity index (χ0n) is 14.0. The molecule has 0 spiro atoms. The number of aliphatic imine (C=N–C) groups is 1. The number of hydrogen-bond donors (Lipinski definition) is 2. The van der Waals surface area contributed by atoms with E-state index in [2.05, 4.69) is 40.1 Å². The van der Waals surface area contributed by atoms with E-state index in [0.29, 0.717) is 12.5 Å². The fraction of sp³-hybridized carbons (Fsp3) is 0.625. The summed E-state index contributed by atoms with van der Waals surface area (Å²) in [7, 11) is 0. The van der Waals surface area contributed by atoms with E-state index in [0.717, 1.165) is 50.5 Å². The minimum atomic E-state index is 0. The number of nitrogens with two attached hydrogens (primary N) is 1. The van der Waals surface area contributed by atoms with Gasteiger partial charge in [0.05, 0.1) is 19.3 Å². The maximum Gasteiger partial charge on any atom is 0.188 e. The molecule has 23 heavy (non-hydrogen) atoms. The summed E-state index contributed by atoms with van der Waals surface area (Å²) in [5, 5.41) is 3.11. The van der Waals surface area contributed by atoms with Crippen LogP contribution in [0.3, 0.4) is 0 Å². The fourth-order valence-corrected chi connectivity index (χ4v) is 2.35. The Balaban J connectivity index is 0.00000264. The number of guanidine groups is 1.